The van der Waals surface area contributed by atoms with Crippen molar-refractivity contribution in [2.75, 3.05) is 13.4 Å². The van der Waals surface area contributed by atoms with Gasteiger partial charge >= 0.3 is 0 Å². The molecule has 0 aliphatic heterocycles. The second-order valence-corrected chi connectivity index (χ2v) is 5.48. The topological polar surface area (TPSA) is 64.1 Å². The lowest BCUT2D eigenvalue weighted by Gasteiger charge is -2.04. The van der Waals surface area contributed by atoms with Gasteiger partial charge in [-0.15, -0.1) is 11.3 Å². The van der Waals surface area contributed by atoms with Crippen molar-refractivity contribution >= 4 is 29.0 Å². The van der Waals surface area contributed by atoms with Gasteiger partial charge in [-0.05, 0) is 12.3 Å². The van der Waals surface area contributed by atoms with Crippen LogP contribution in [0.5, 0.6) is 5.75 Å². The third-order valence-corrected chi connectivity index (χ3v) is 4.21. The molecule has 2 aromatic heterocycles. The average Bonchev–Trinajstić information content (AvgIpc) is 2.94. The average molecular weight is 295 g/mol. The van der Waals surface area contributed by atoms with Crippen LogP contribution in [0.3, 0.4) is 0 Å². The van der Waals surface area contributed by atoms with Gasteiger partial charge in [-0.2, -0.15) is 0 Å². The molecular weight excluding hydrogens is 282 g/mol. The van der Waals surface area contributed by atoms with E-state index in [1.807, 2.05) is 6.26 Å². The normalized spacial score (nSPS) is 10.2. The molecule has 0 saturated carbocycles. The zero-order valence-corrected chi connectivity index (χ0v) is 12.2. The number of hydrogen-bond donors (Lipinski definition) is 1. The molecule has 0 aromatic carbocycles. The predicted octanol–water partition coefficient (Wildman–Crippen LogP) is 2.20. The van der Waals surface area contributed by atoms with E-state index in [9.17, 15) is 4.79 Å². The van der Waals surface area contributed by atoms with E-state index in [0.29, 0.717) is 12.2 Å². The van der Waals surface area contributed by atoms with E-state index in [1.54, 1.807) is 30.8 Å². The fourth-order valence-electron chi connectivity index (χ4n) is 1.40. The van der Waals surface area contributed by atoms with Crippen LogP contribution in [0.25, 0.3) is 0 Å². The first-order valence-electron chi connectivity index (χ1n) is 5.49. The second-order valence-electron chi connectivity index (χ2n) is 3.57. The summed E-state index contributed by atoms with van der Waals surface area (Å²) in [6, 6.07) is 3.55. The molecular formula is C12H13N3O2S2. The largest absolute Gasteiger partial charge is 0.497 e. The summed E-state index contributed by atoms with van der Waals surface area (Å²) in [6.07, 6.45) is 3.58. The molecule has 7 heteroatoms. The van der Waals surface area contributed by atoms with Gasteiger partial charge in [0.15, 0.2) is 0 Å². The van der Waals surface area contributed by atoms with Gasteiger partial charge in [0.25, 0.3) is 5.91 Å². The van der Waals surface area contributed by atoms with Crippen molar-refractivity contribution in [1.29, 1.82) is 0 Å². The van der Waals surface area contributed by atoms with E-state index in [-0.39, 0.29) is 5.91 Å². The summed E-state index contributed by atoms with van der Waals surface area (Å²) < 4.78 is 5.98. The molecule has 0 unspecified atom stereocenters. The number of thioether (sulfide) groups is 1. The minimum Gasteiger partial charge on any atom is -0.497 e. The van der Waals surface area contributed by atoms with Crippen LogP contribution in [-0.2, 0) is 6.54 Å². The maximum absolute atomic E-state index is 11.9. The molecule has 0 aliphatic carbocycles. The SMILES string of the molecule is COc1ccnc(CNC(=O)c2csc(SC)n2)c1. The highest BCUT2D eigenvalue weighted by atomic mass is 32.2. The number of thiazole rings is 1. The van der Waals surface area contributed by atoms with Crippen molar-refractivity contribution in [3.8, 4) is 5.75 Å². The highest BCUT2D eigenvalue weighted by Crippen LogP contribution is 2.19. The van der Waals surface area contributed by atoms with Crippen LogP contribution >= 0.6 is 23.1 Å². The molecule has 100 valence electrons. The number of pyridine rings is 1. The monoisotopic (exact) mass is 295 g/mol. The van der Waals surface area contributed by atoms with Crippen molar-refractivity contribution in [2.45, 2.75) is 10.9 Å². The van der Waals surface area contributed by atoms with Crippen LogP contribution in [0.4, 0.5) is 0 Å². The van der Waals surface area contributed by atoms with Crippen LogP contribution in [0.2, 0.25) is 0 Å². The van der Waals surface area contributed by atoms with Gasteiger partial charge in [0.1, 0.15) is 15.8 Å². The molecule has 0 radical (unpaired) electrons. The third-order valence-electron chi connectivity index (χ3n) is 2.34. The summed E-state index contributed by atoms with van der Waals surface area (Å²) in [5, 5.41) is 4.53. The Morgan fingerprint density at radius 1 is 1.58 bits per heavy atom. The highest BCUT2D eigenvalue weighted by molar-refractivity contribution is 8.00. The fourth-order valence-corrected chi connectivity index (χ4v) is 2.64. The van der Waals surface area contributed by atoms with Gasteiger partial charge in [0, 0.05) is 17.6 Å². The van der Waals surface area contributed by atoms with Crippen molar-refractivity contribution < 1.29 is 9.53 Å². The predicted molar refractivity (Wildman–Crippen MR) is 75.9 cm³/mol. The number of amides is 1. The number of hydrogen-bond acceptors (Lipinski definition) is 6. The number of carbonyl (C=O) groups excluding carboxylic acids is 1. The number of ether oxygens (including phenoxy) is 1. The van der Waals surface area contributed by atoms with E-state index in [2.05, 4.69) is 15.3 Å². The van der Waals surface area contributed by atoms with E-state index >= 15 is 0 Å². The van der Waals surface area contributed by atoms with Crippen LogP contribution in [0.1, 0.15) is 16.2 Å². The molecule has 0 aliphatic rings. The maximum atomic E-state index is 11.9. The van der Waals surface area contributed by atoms with Crippen LogP contribution in [0, 0.1) is 0 Å². The van der Waals surface area contributed by atoms with Crippen molar-refractivity contribution in [1.82, 2.24) is 15.3 Å². The first kappa shape index (κ1) is 13.8. The van der Waals surface area contributed by atoms with Crippen molar-refractivity contribution in [3.63, 3.8) is 0 Å². The van der Waals surface area contributed by atoms with Gasteiger partial charge in [-0.1, -0.05) is 11.8 Å². The molecule has 1 amide bonds. The Labute approximate surface area is 119 Å². The van der Waals surface area contributed by atoms with Gasteiger partial charge in [0.2, 0.25) is 0 Å². The van der Waals surface area contributed by atoms with Gasteiger partial charge in [-0.25, -0.2) is 4.98 Å². The second kappa shape index (κ2) is 6.53. The Hall–Kier alpha value is -1.60. The van der Waals surface area contributed by atoms with E-state index in [4.69, 9.17) is 4.74 Å². The Bertz CT molecular complexity index is 572. The molecule has 2 aromatic rings. The van der Waals surface area contributed by atoms with Gasteiger partial charge in [-0.3, -0.25) is 9.78 Å². The zero-order valence-electron chi connectivity index (χ0n) is 10.5. The van der Waals surface area contributed by atoms with E-state index in [0.717, 1.165) is 15.8 Å². The third kappa shape index (κ3) is 3.68. The fraction of sp³-hybridized carbons (Fsp3) is 0.250. The van der Waals surface area contributed by atoms with Gasteiger partial charge < -0.3 is 10.1 Å². The first-order chi connectivity index (χ1) is 9.22. The summed E-state index contributed by atoms with van der Waals surface area (Å²) in [4.78, 5) is 20.2. The molecule has 1 N–H and O–H groups in total. The van der Waals surface area contributed by atoms with Gasteiger partial charge in [0.05, 0.1) is 19.3 Å². The summed E-state index contributed by atoms with van der Waals surface area (Å²) in [6.45, 7) is 0.349. The van der Waals surface area contributed by atoms with Crippen LogP contribution < -0.4 is 10.1 Å². The van der Waals surface area contributed by atoms with Crippen LogP contribution in [-0.4, -0.2) is 29.2 Å². The van der Waals surface area contributed by atoms with E-state index in [1.165, 1.54) is 23.1 Å². The molecule has 5 nitrogen and oxygen atoms in total. The lowest BCUT2D eigenvalue weighted by molar-refractivity contribution is 0.0945. The molecule has 0 atom stereocenters. The maximum Gasteiger partial charge on any atom is 0.271 e. The molecule has 19 heavy (non-hydrogen) atoms. The Balaban J connectivity index is 1.96. The smallest absolute Gasteiger partial charge is 0.271 e. The zero-order chi connectivity index (χ0) is 13.7. The summed E-state index contributed by atoms with van der Waals surface area (Å²) in [7, 11) is 1.59. The molecule has 0 spiro atoms. The Kier molecular flexibility index (Phi) is 4.75. The molecule has 0 fully saturated rings. The number of rotatable bonds is 5. The summed E-state index contributed by atoms with van der Waals surface area (Å²) in [5.74, 6) is 0.527. The Morgan fingerprint density at radius 2 is 2.42 bits per heavy atom. The summed E-state index contributed by atoms with van der Waals surface area (Å²) >= 11 is 2.99. The van der Waals surface area contributed by atoms with Crippen LogP contribution in [0.15, 0.2) is 28.0 Å². The van der Waals surface area contributed by atoms with E-state index < -0.39 is 0 Å². The standard InChI is InChI=1S/C12H13N3O2S2/c1-17-9-3-4-13-8(5-9)6-14-11(16)10-7-19-12(15-10)18-2/h3-5,7H,6H2,1-2H3,(H,14,16). The Morgan fingerprint density at radius 3 is 3.11 bits per heavy atom. The van der Waals surface area contributed by atoms with Crippen molar-refractivity contribution in [3.05, 3.63) is 35.1 Å². The number of aromatic nitrogens is 2. The first-order valence-corrected chi connectivity index (χ1v) is 7.60. The molecule has 2 rings (SSSR count). The lowest BCUT2D eigenvalue weighted by Crippen LogP contribution is -2.23. The number of carbonyl (C=O) groups is 1. The summed E-state index contributed by atoms with van der Waals surface area (Å²) in [5.41, 5.74) is 1.19. The van der Waals surface area contributed by atoms with Crippen molar-refractivity contribution in [2.24, 2.45) is 0 Å². The number of nitrogens with one attached hydrogen (secondary N) is 1. The highest BCUT2D eigenvalue weighted by Gasteiger charge is 2.10. The minimum atomic E-state index is -0.193. The molecule has 0 bridgehead atoms. The number of nitrogens with zero attached hydrogens (tertiary/aromatic N) is 2. The quantitative estimate of drug-likeness (QED) is 0.857. The lowest BCUT2D eigenvalue weighted by atomic mass is 10.3. The molecule has 2 heterocycles. The molecule has 0 saturated heterocycles. The number of methoxy groups -OCH3 is 1. The minimum absolute atomic E-state index is 0.193.